The molecule has 0 amide bonds. The van der Waals surface area contributed by atoms with Gasteiger partial charge in [-0.05, 0) is 24.6 Å². The lowest BCUT2D eigenvalue weighted by Gasteiger charge is -2.08. The summed E-state index contributed by atoms with van der Waals surface area (Å²) in [6, 6.07) is 6.02. The maximum atomic E-state index is 5.64. The molecule has 5 nitrogen and oxygen atoms in total. The first-order chi connectivity index (χ1) is 9.63. The second kappa shape index (κ2) is 7.05. The summed E-state index contributed by atoms with van der Waals surface area (Å²) in [5.74, 6) is 1.41. The number of hydrogen-bond donors (Lipinski definition) is 1. The van der Waals surface area contributed by atoms with Gasteiger partial charge < -0.3 is 10.1 Å². The van der Waals surface area contributed by atoms with Crippen LogP contribution in [0.3, 0.4) is 0 Å². The molecule has 0 radical (unpaired) electrons. The van der Waals surface area contributed by atoms with Crippen LogP contribution in [-0.4, -0.2) is 21.3 Å². The van der Waals surface area contributed by atoms with Crippen molar-refractivity contribution in [2.45, 2.75) is 27.0 Å². The zero-order valence-corrected chi connectivity index (χ0v) is 12.3. The fourth-order valence-electron chi connectivity index (χ4n) is 1.83. The molecule has 0 aliphatic rings. The maximum absolute atomic E-state index is 5.64. The molecule has 1 N–H and O–H groups in total. The zero-order chi connectivity index (χ0) is 14.4. The van der Waals surface area contributed by atoms with Crippen molar-refractivity contribution in [3.8, 4) is 5.75 Å². The molecule has 0 saturated carbocycles. The second-order valence-corrected chi connectivity index (χ2v) is 5.28. The highest BCUT2D eigenvalue weighted by molar-refractivity contribution is 5.14. The number of nitrogens with zero attached hydrogens (tertiary/aromatic N) is 3. The summed E-state index contributed by atoms with van der Waals surface area (Å²) in [6.07, 6.45) is 3.54. The predicted molar refractivity (Wildman–Crippen MR) is 78.3 cm³/mol. The Balaban J connectivity index is 1.85. The minimum atomic E-state index is 0.462. The van der Waals surface area contributed by atoms with Crippen LogP contribution < -0.4 is 10.1 Å². The zero-order valence-electron chi connectivity index (χ0n) is 12.3. The molecule has 0 aliphatic carbocycles. The topological polar surface area (TPSA) is 52.0 Å². The van der Waals surface area contributed by atoms with E-state index in [9.17, 15) is 0 Å². The highest BCUT2D eigenvalue weighted by Gasteiger charge is 2.01. The lowest BCUT2D eigenvalue weighted by Crippen LogP contribution is -2.19. The van der Waals surface area contributed by atoms with E-state index in [1.165, 1.54) is 0 Å². The molecule has 0 atom stereocenters. The van der Waals surface area contributed by atoms with E-state index in [1.807, 2.05) is 31.4 Å². The quantitative estimate of drug-likeness (QED) is 0.840. The van der Waals surface area contributed by atoms with E-state index in [4.69, 9.17) is 4.74 Å². The molecule has 2 aromatic rings. The van der Waals surface area contributed by atoms with Gasteiger partial charge in [-0.25, -0.2) is 0 Å². The summed E-state index contributed by atoms with van der Waals surface area (Å²) in [6.45, 7) is 6.64. The molecule has 0 aliphatic heterocycles. The summed E-state index contributed by atoms with van der Waals surface area (Å²) in [4.78, 5) is 4.58. The summed E-state index contributed by atoms with van der Waals surface area (Å²) in [5.41, 5.74) is 1.97. The molecule has 5 heteroatoms. The van der Waals surface area contributed by atoms with Gasteiger partial charge in [0.1, 0.15) is 6.61 Å². The van der Waals surface area contributed by atoms with Crippen LogP contribution >= 0.6 is 0 Å². The van der Waals surface area contributed by atoms with E-state index in [0.29, 0.717) is 12.5 Å². The Morgan fingerprint density at radius 3 is 2.80 bits per heavy atom. The van der Waals surface area contributed by atoms with Crippen LogP contribution in [0.4, 0.5) is 0 Å². The van der Waals surface area contributed by atoms with Gasteiger partial charge in [0, 0.05) is 13.6 Å². The fraction of sp³-hybridized carbons (Fsp3) is 0.467. The molecule has 2 rings (SSSR count). The minimum absolute atomic E-state index is 0.462. The van der Waals surface area contributed by atoms with Crippen molar-refractivity contribution in [3.05, 3.63) is 42.0 Å². The Kier molecular flexibility index (Phi) is 5.12. The summed E-state index contributed by atoms with van der Waals surface area (Å²) < 4.78 is 7.36. The molecular formula is C15H22N4O. The lowest BCUT2D eigenvalue weighted by molar-refractivity contribution is 0.300. The van der Waals surface area contributed by atoms with Crippen molar-refractivity contribution in [3.63, 3.8) is 0 Å². The van der Waals surface area contributed by atoms with Crippen LogP contribution in [0.15, 0.2) is 30.6 Å². The molecule has 0 bridgehead atoms. The van der Waals surface area contributed by atoms with E-state index in [0.717, 1.165) is 30.2 Å². The average molecular weight is 274 g/mol. The number of ether oxygens (including phenoxy) is 1. The first kappa shape index (κ1) is 14.5. The standard InChI is InChI=1S/C15H22N4O/c1-12(2)7-16-8-13-5-4-6-14(18-13)11-20-15-9-17-19(3)10-15/h4-6,9-10,12,16H,7-8,11H2,1-3H3. The van der Waals surface area contributed by atoms with Gasteiger partial charge in [-0.2, -0.15) is 5.10 Å². The second-order valence-electron chi connectivity index (χ2n) is 5.28. The van der Waals surface area contributed by atoms with Crippen LogP contribution in [0.25, 0.3) is 0 Å². The van der Waals surface area contributed by atoms with Crippen LogP contribution in [-0.2, 0) is 20.2 Å². The number of nitrogens with one attached hydrogen (secondary N) is 1. The van der Waals surface area contributed by atoms with Crippen molar-refractivity contribution in [1.29, 1.82) is 0 Å². The number of aryl methyl sites for hydroxylation is 1. The Hall–Kier alpha value is -1.88. The van der Waals surface area contributed by atoms with Crippen molar-refractivity contribution in [2.24, 2.45) is 13.0 Å². The van der Waals surface area contributed by atoms with Crippen molar-refractivity contribution >= 4 is 0 Å². The molecular weight excluding hydrogens is 252 g/mol. The Bertz CT molecular complexity index is 536. The third kappa shape index (κ3) is 4.66. The normalized spacial score (nSPS) is 11.0. The average Bonchev–Trinajstić information content (AvgIpc) is 2.82. The SMILES string of the molecule is CC(C)CNCc1cccc(COc2cnn(C)c2)n1. The molecule has 0 unspecified atom stereocenters. The van der Waals surface area contributed by atoms with Crippen LogP contribution in [0, 0.1) is 5.92 Å². The Labute approximate surface area is 120 Å². The molecule has 0 saturated heterocycles. The van der Waals surface area contributed by atoms with E-state index >= 15 is 0 Å². The van der Waals surface area contributed by atoms with Gasteiger partial charge in [0.2, 0.25) is 0 Å². The molecule has 108 valence electrons. The lowest BCUT2D eigenvalue weighted by atomic mass is 10.2. The number of aromatic nitrogens is 3. The highest BCUT2D eigenvalue weighted by atomic mass is 16.5. The van der Waals surface area contributed by atoms with Gasteiger partial charge >= 0.3 is 0 Å². The number of rotatable bonds is 7. The smallest absolute Gasteiger partial charge is 0.157 e. The Morgan fingerprint density at radius 2 is 2.10 bits per heavy atom. The van der Waals surface area contributed by atoms with Crippen LogP contribution in [0.2, 0.25) is 0 Å². The highest BCUT2D eigenvalue weighted by Crippen LogP contribution is 2.10. The number of hydrogen-bond acceptors (Lipinski definition) is 4. The van der Waals surface area contributed by atoms with Gasteiger partial charge in [0.15, 0.2) is 5.75 Å². The first-order valence-corrected chi connectivity index (χ1v) is 6.90. The van der Waals surface area contributed by atoms with Crippen LogP contribution in [0.5, 0.6) is 5.75 Å². The van der Waals surface area contributed by atoms with Gasteiger partial charge in [-0.3, -0.25) is 9.67 Å². The van der Waals surface area contributed by atoms with E-state index in [-0.39, 0.29) is 0 Å². The van der Waals surface area contributed by atoms with E-state index < -0.39 is 0 Å². The van der Waals surface area contributed by atoms with Gasteiger partial charge in [0.25, 0.3) is 0 Å². The summed E-state index contributed by atoms with van der Waals surface area (Å²) in [5, 5.41) is 7.45. The van der Waals surface area contributed by atoms with Crippen LogP contribution in [0.1, 0.15) is 25.2 Å². The molecule has 0 aromatic carbocycles. The van der Waals surface area contributed by atoms with E-state index in [1.54, 1.807) is 10.9 Å². The first-order valence-electron chi connectivity index (χ1n) is 6.90. The van der Waals surface area contributed by atoms with Crippen molar-refractivity contribution < 1.29 is 4.74 Å². The number of pyridine rings is 1. The molecule has 20 heavy (non-hydrogen) atoms. The third-order valence-electron chi connectivity index (χ3n) is 2.79. The van der Waals surface area contributed by atoms with Crippen molar-refractivity contribution in [2.75, 3.05) is 6.54 Å². The molecule has 2 heterocycles. The third-order valence-corrected chi connectivity index (χ3v) is 2.79. The molecule has 0 fully saturated rings. The molecule has 2 aromatic heterocycles. The Morgan fingerprint density at radius 1 is 1.30 bits per heavy atom. The van der Waals surface area contributed by atoms with Crippen molar-refractivity contribution in [1.82, 2.24) is 20.1 Å². The summed E-state index contributed by atoms with van der Waals surface area (Å²) >= 11 is 0. The van der Waals surface area contributed by atoms with Gasteiger partial charge in [-0.1, -0.05) is 19.9 Å². The maximum Gasteiger partial charge on any atom is 0.157 e. The van der Waals surface area contributed by atoms with Gasteiger partial charge in [0.05, 0.1) is 23.8 Å². The molecule has 0 spiro atoms. The fourth-order valence-corrected chi connectivity index (χ4v) is 1.83. The van der Waals surface area contributed by atoms with E-state index in [2.05, 4.69) is 29.2 Å². The van der Waals surface area contributed by atoms with Gasteiger partial charge in [-0.15, -0.1) is 0 Å². The summed E-state index contributed by atoms with van der Waals surface area (Å²) in [7, 11) is 1.87. The minimum Gasteiger partial charge on any atom is -0.484 e. The largest absolute Gasteiger partial charge is 0.484 e. The monoisotopic (exact) mass is 274 g/mol. The predicted octanol–water partition coefficient (Wildman–Crippen LogP) is 2.14.